The Hall–Kier alpha value is -1.88. The molecule has 5 heteroatoms. The summed E-state index contributed by atoms with van der Waals surface area (Å²) in [4.78, 5) is 27.9. The van der Waals surface area contributed by atoms with Gasteiger partial charge in [0.25, 0.3) is 5.91 Å². The molecule has 0 spiro atoms. The number of carbonyl (C=O) groups excluding carboxylic acids is 2. The predicted molar refractivity (Wildman–Crippen MR) is 82.4 cm³/mol. The number of hydrogen-bond acceptors (Lipinski definition) is 3. The SMILES string of the molecule is CC(=O)N1CCO[C@@H]2CN(C(=O)c3ccccc3)CC[C@@H]2C1. The molecule has 118 valence electrons. The van der Waals surface area contributed by atoms with Crippen LogP contribution in [0.4, 0.5) is 0 Å². The lowest BCUT2D eigenvalue weighted by molar-refractivity contribution is -0.129. The summed E-state index contributed by atoms with van der Waals surface area (Å²) in [5.74, 6) is 0.494. The minimum absolute atomic E-state index is 0.0331. The number of nitrogens with zero attached hydrogens (tertiary/aromatic N) is 2. The molecule has 2 aliphatic heterocycles. The van der Waals surface area contributed by atoms with Crippen LogP contribution in [-0.4, -0.2) is 60.5 Å². The third-order valence-electron chi connectivity index (χ3n) is 4.60. The summed E-state index contributed by atoms with van der Waals surface area (Å²) < 4.78 is 5.92. The molecule has 2 heterocycles. The van der Waals surface area contributed by atoms with Crippen LogP contribution in [0.2, 0.25) is 0 Å². The summed E-state index contributed by atoms with van der Waals surface area (Å²) in [5.41, 5.74) is 0.722. The third kappa shape index (κ3) is 3.14. The average Bonchev–Trinajstić information content (AvgIpc) is 2.76. The number of rotatable bonds is 1. The lowest BCUT2D eigenvalue weighted by Gasteiger charge is -2.38. The Balaban J connectivity index is 1.67. The highest BCUT2D eigenvalue weighted by atomic mass is 16.5. The topological polar surface area (TPSA) is 49.9 Å². The van der Waals surface area contributed by atoms with E-state index < -0.39 is 0 Å². The summed E-state index contributed by atoms with van der Waals surface area (Å²) in [6.07, 6.45) is 0.915. The van der Waals surface area contributed by atoms with E-state index in [0.29, 0.717) is 25.6 Å². The molecule has 0 aromatic heterocycles. The Morgan fingerprint density at radius 2 is 1.86 bits per heavy atom. The number of likely N-dealkylation sites (tertiary alicyclic amines) is 1. The largest absolute Gasteiger partial charge is 0.374 e. The molecule has 5 nitrogen and oxygen atoms in total. The molecule has 0 N–H and O–H groups in total. The minimum Gasteiger partial charge on any atom is -0.374 e. The van der Waals surface area contributed by atoms with Crippen LogP contribution in [-0.2, 0) is 9.53 Å². The van der Waals surface area contributed by atoms with Crippen LogP contribution >= 0.6 is 0 Å². The van der Waals surface area contributed by atoms with E-state index in [2.05, 4.69) is 0 Å². The quantitative estimate of drug-likeness (QED) is 0.788. The smallest absolute Gasteiger partial charge is 0.253 e. The maximum absolute atomic E-state index is 12.5. The second-order valence-corrected chi connectivity index (χ2v) is 6.04. The number of benzene rings is 1. The fourth-order valence-electron chi connectivity index (χ4n) is 3.29. The molecule has 2 amide bonds. The number of ether oxygens (including phenoxy) is 1. The summed E-state index contributed by atoms with van der Waals surface area (Å²) in [6, 6.07) is 9.37. The van der Waals surface area contributed by atoms with Crippen LogP contribution in [0.25, 0.3) is 0 Å². The van der Waals surface area contributed by atoms with Crippen LogP contribution in [0.1, 0.15) is 23.7 Å². The standard InChI is InChI=1S/C17H22N2O3/c1-13(20)18-9-10-22-16-12-19(8-7-15(16)11-18)17(21)14-5-3-2-4-6-14/h2-6,15-16H,7-12H2,1H3/t15-,16-/m1/s1. The molecule has 2 aliphatic rings. The van der Waals surface area contributed by atoms with Crippen LogP contribution in [0.5, 0.6) is 0 Å². The Morgan fingerprint density at radius 3 is 2.59 bits per heavy atom. The molecular weight excluding hydrogens is 280 g/mol. The molecule has 1 aromatic rings. The summed E-state index contributed by atoms with van der Waals surface area (Å²) in [6.45, 7) is 4.89. The molecule has 0 bridgehead atoms. The van der Waals surface area contributed by atoms with Gasteiger partial charge in [0.1, 0.15) is 0 Å². The van der Waals surface area contributed by atoms with Crippen molar-refractivity contribution < 1.29 is 14.3 Å². The Morgan fingerprint density at radius 1 is 1.09 bits per heavy atom. The number of piperidine rings is 1. The molecular formula is C17H22N2O3. The lowest BCUT2D eigenvalue weighted by Crippen LogP contribution is -2.49. The van der Waals surface area contributed by atoms with Crippen molar-refractivity contribution in [1.29, 1.82) is 0 Å². The monoisotopic (exact) mass is 302 g/mol. The fourth-order valence-corrected chi connectivity index (χ4v) is 3.29. The molecule has 22 heavy (non-hydrogen) atoms. The van der Waals surface area contributed by atoms with Crippen molar-refractivity contribution in [2.24, 2.45) is 5.92 Å². The molecule has 2 fully saturated rings. The van der Waals surface area contributed by atoms with Crippen molar-refractivity contribution in [2.45, 2.75) is 19.4 Å². The van der Waals surface area contributed by atoms with E-state index in [4.69, 9.17) is 4.74 Å². The molecule has 2 atom stereocenters. The van der Waals surface area contributed by atoms with E-state index in [-0.39, 0.29) is 17.9 Å². The average molecular weight is 302 g/mol. The van der Waals surface area contributed by atoms with Gasteiger partial charge in [0.05, 0.1) is 12.7 Å². The first-order valence-electron chi connectivity index (χ1n) is 7.86. The third-order valence-corrected chi connectivity index (χ3v) is 4.60. The normalized spacial score (nSPS) is 25.3. The first-order chi connectivity index (χ1) is 10.6. The second-order valence-electron chi connectivity index (χ2n) is 6.04. The van der Waals surface area contributed by atoms with Crippen molar-refractivity contribution in [3.05, 3.63) is 35.9 Å². The molecule has 0 radical (unpaired) electrons. The molecule has 0 saturated carbocycles. The molecule has 1 aromatic carbocycles. The highest BCUT2D eigenvalue weighted by molar-refractivity contribution is 5.94. The van der Waals surface area contributed by atoms with Crippen molar-refractivity contribution in [3.8, 4) is 0 Å². The minimum atomic E-state index is 0.0331. The molecule has 0 aliphatic carbocycles. The lowest BCUT2D eigenvalue weighted by atomic mass is 9.93. The summed E-state index contributed by atoms with van der Waals surface area (Å²) >= 11 is 0. The van der Waals surface area contributed by atoms with E-state index in [9.17, 15) is 9.59 Å². The second kappa shape index (κ2) is 6.48. The van der Waals surface area contributed by atoms with Crippen molar-refractivity contribution in [3.63, 3.8) is 0 Å². The van der Waals surface area contributed by atoms with Crippen LogP contribution in [0, 0.1) is 5.92 Å². The Kier molecular flexibility index (Phi) is 4.43. The Labute approximate surface area is 130 Å². The zero-order chi connectivity index (χ0) is 15.5. The van der Waals surface area contributed by atoms with Gasteiger partial charge in [-0.1, -0.05) is 18.2 Å². The van der Waals surface area contributed by atoms with E-state index in [1.54, 1.807) is 6.92 Å². The van der Waals surface area contributed by atoms with Gasteiger partial charge in [-0.15, -0.1) is 0 Å². The van der Waals surface area contributed by atoms with Gasteiger partial charge in [-0.25, -0.2) is 0 Å². The first kappa shape index (κ1) is 15.0. The van der Waals surface area contributed by atoms with Gasteiger partial charge in [-0.05, 0) is 18.6 Å². The van der Waals surface area contributed by atoms with Crippen molar-refractivity contribution in [2.75, 3.05) is 32.8 Å². The number of amides is 2. The molecule has 2 saturated heterocycles. The first-order valence-corrected chi connectivity index (χ1v) is 7.86. The van der Waals surface area contributed by atoms with Crippen molar-refractivity contribution in [1.82, 2.24) is 9.80 Å². The van der Waals surface area contributed by atoms with Gasteiger partial charge in [0.2, 0.25) is 5.91 Å². The maximum Gasteiger partial charge on any atom is 0.253 e. The van der Waals surface area contributed by atoms with Crippen molar-refractivity contribution >= 4 is 11.8 Å². The van der Waals surface area contributed by atoms with Gasteiger partial charge in [-0.2, -0.15) is 0 Å². The Bertz CT molecular complexity index is 546. The van der Waals surface area contributed by atoms with Gasteiger partial charge in [0.15, 0.2) is 0 Å². The van der Waals surface area contributed by atoms with E-state index >= 15 is 0 Å². The predicted octanol–water partition coefficient (Wildman–Crippen LogP) is 1.40. The van der Waals surface area contributed by atoms with Crippen LogP contribution in [0.15, 0.2) is 30.3 Å². The highest BCUT2D eigenvalue weighted by Crippen LogP contribution is 2.25. The van der Waals surface area contributed by atoms with Gasteiger partial charge < -0.3 is 14.5 Å². The van der Waals surface area contributed by atoms with Gasteiger partial charge in [-0.3, -0.25) is 9.59 Å². The highest BCUT2D eigenvalue weighted by Gasteiger charge is 2.35. The zero-order valence-corrected chi connectivity index (χ0v) is 12.9. The fraction of sp³-hybridized carbons (Fsp3) is 0.529. The van der Waals surface area contributed by atoms with Crippen LogP contribution < -0.4 is 0 Å². The van der Waals surface area contributed by atoms with E-state index in [1.807, 2.05) is 40.1 Å². The number of fused-ring (bicyclic) bond motifs is 1. The summed E-state index contributed by atoms with van der Waals surface area (Å²) in [7, 11) is 0. The van der Waals surface area contributed by atoms with Gasteiger partial charge in [0, 0.05) is 44.6 Å². The summed E-state index contributed by atoms with van der Waals surface area (Å²) in [5, 5.41) is 0. The maximum atomic E-state index is 12.5. The molecule has 3 rings (SSSR count). The number of hydrogen-bond donors (Lipinski definition) is 0. The van der Waals surface area contributed by atoms with Crippen LogP contribution in [0.3, 0.4) is 0 Å². The zero-order valence-electron chi connectivity index (χ0n) is 12.9. The van der Waals surface area contributed by atoms with E-state index in [1.165, 1.54) is 0 Å². The number of carbonyl (C=O) groups is 2. The van der Waals surface area contributed by atoms with Gasteiger partial charge >= 0.3 is 0 Å². The van der Waals surface area contributed by atoms with E-state index in [0.717, 1.165) is 25.1 Å². The molecule has 0 unspecified atom stereocenters.